The number of ketones is 2. The quantitative estimate of drug-likeness (QED) is 0.564. The summed E-state index contributed by atoms with van der Waals surface area (Å²) in [5.74, 6) is -2.69. The van der Waals surface area contributed by atoms with Crippen LogP contribution in [0.5, 0.6) is 0 Å². The van der Waals surface area contributed by atoms with Crippen LogP contribution in [0.25, 0.3) is 0 Å². The van der Waals surface area contributed by atoms with E-state index in [1.54, 1.807) is 6.92 Å². The number of fused-ring (bicyclic) bond motifs is 5. The van der Waals surface area contributed by atoms with E-state index >= 15 is 4.39 Å². The van der Waals surface area contributed by atoms with Crippen molar-refractivity contribution in [2.75, 3.05) is 13.2 Å². The summed E-state index contributed by atoms with van der Waals surface area (Å²) < 4.78 is 15.1. The Morgan fingerprint density at radius 2 is 2.00 bits per heavy atom. The Labute approximate surface area is 162 Å². The van der Waals surface area contributed by atoms with Crippen LogP contribution in [0.1, 0.15) is 39.0 Å². The summed E-state index contributed by atoms with van der Waals surface area (Å²) >= 11 is 0. The molecule has 0 amide bonds. The van der Waals surface area contributed by atoms with Crippen molar-refractivity contribution in [1.29, 1.82) is 0 Å². The molecule has 3 fully saturated rings. The monoisotopic (exact) mass is 394 g/mol. The van der Waals surface area contributed by atoms with Gasteiger partial charge in [-0.3, -0.25) is 9.59 Å². The van der Waals surface area contributed by atoms with Crippen LogP contribution in [0.2, 0.25) is 0 Å². The number of hydrogen-bond donors (Lipinski definition) is 4. The van der Waals surface area contributed by atoms with E-state index in [-0.39, 0.29) is 30.5 Å². The lowest BCUT2D eigenvalue weighted by Gasteiger charge is -2.60. The average molecular weight is 394 g/mol. The Hall–Kier alpha value is -1.41. The van der Waals surface area contributed by atoms with Crippen LogP contribution in [-0.4, -0.2) is 56.9 Å². The zero-order valence-corrected chi connectivity index (χ0v) is 15.9. The van der Waals surface area contributed by atoms with Crippen LogP contribution in [-0.2, 0) is 9.59 Å². The van der Waals surface area contributed by atoms with Gasteiger partial charge in [0, 0.05) is 22.8 Å². The van der Waals surface area contributed by atoms with Crippen LogP contribution in [0.3, 0.4) is 0 Å². The molecule has 0 aromatic heterocycles. The van der Waals surface area contributed by atoms with Crippen LogP contribution in [0, 0.1) is 28.6 Å². The van der Waals surface area contributed by atoms with E-state index in [4.69, 9.17) is 0 Å². The van der Waals surface area contributed by atoms with E-state index in [1.807, 2.05) is 0 Å². The zero-order valence-electron chi connectivity index (χ0n) is 15.9. The Bertz CT molecular complexity index is 790. The molecule has 0 aliphatic heterocycles. The van der Waals surface area contributed by atoms with Crippen molar-refractivity contribution in [2.45, 2.75) is 50.7 Å². The molecule has 0 spiro atoms. The molecule has 1 unspecified atom stereocenters. The van der Waals surface area contributed by atoms with Crippen molar-refractivity contribution < 1.29 is 34.4 Å². The van der Waals surface area contributed by atoms with Crippen LogP contribution in [0.4, 0.5) is 4.39 Å². The predicted octanol–water partition coefficient (Wildman–Crippen LogP) is 0.827. The van der Waals surface area contributed by atoms with Crippen molar-refractivity contribution in [3.05, 3.63) is 23.6 Å². The van der Waals surface area contributed by atoms with Gasteiger partial charge in [-0.15, -0.1) is 0 Å². The molecule has 4 aliphatic carbocycles. The summed E-state index contributed by atoms with van der Waals surface area (Å²) in [5.41, 5.74) is -3.58. The summed E-state index contributed by atoms with van der Waals surface area (Å²) in [5, 5.41) is 41.9. The molecule has 7 atom stereocenters. The predicted molar refractivity (Wildman–Crippen MR) is 96.5 cm³/mol. The summed E-state index contributed by atoms with van der Waals surface area (Å²) in [6, 6.07) is 0. The zero-order chi connectivity index (χ0) is 20.5. The van der Waals surface area contributed by atoms with Crippen LogP contribution in [0.15, 0.2) is 23.6 Å². The molecular weight excluding hydrogens is 367 g/mol. The summed E-state index contributed by atoms with van der Waals surface area (Å²) in [6.07, 6.45) is 2.95. The topological polar surface area (TPSA) is 115 Å². The Balaban J connectivity index is 1.80. The number of hydrogen-bond acceptors (Lipinski definition) is 6. The minimum atomic E-state index is -1.90. The second kappa shape index (κ2) is 6.29. The fourth-order valence-corrected chi connectivity index (χ4v) is 7.05. The number of allylic oxidation sites excluding steroid dienone is 4. The summed E-state index contributed by atoms with van der Waals surface area (Å²) in [4.78, 5) is 24.2. The van der Waals surface area contributed by atoms with Crippen molar-refractivity contribution in [3.63, 3.8) is 0 Å². The maximum atomic E-state index is 15.1. The highest BCUT2D eigenvalue weighted by Gasteiger charge is 2.70. The van der Waals surface area contributed by atoms with Gasteiger partial charge < -0.3 is 20.4 Å². The fourth-order valence-electron chi connectivity index (χ4n) is 7.05. The molecular formula is C21H27FO6. The second-order valence-electron chi connectivity index (χ2n) is 9.17. The first kappa shape index (κ1) is 19.9. The SMILES string of the molecule is C[C@]12C(F)=CC(=O)C=C1CC[C@@H]1[C@@H]2C(O)C[C@@]2(CO)[C@H]1CC[C@]2(O)C(=O)CO. The lowest BCUT2D eigenvalue weighted by Crippen LogP contribution is -2.64. The summed E-state index contributed by atoms with van der Waals surface area (Å²) in [7, 11) is 0. The van der Waals surface area contributed by atoms with Crippen molar-refractivity contribution in [3.8, 4) is 0 Å². The molecule has 0 radical (unpaired) electrons. The first-order valence-corrected chi connectivity index (χ1v) is 9.94. The van der Waals surface area contributed by atoms with Crippen molar-refractivity contribution in [1.82, 2.24) is 0 Å². The Morgan fingerprint density at radius 3 is 2.64 bits per heavy atom. The first-order valence-electron chi connectivity index (χ1n) is 9.94. The number of aliphatic hydroxyl groups excluding tert-OH is 3. The fraction of sp³-hybridized carbons (Fsp3) is 0.714. The standard InChI is InChI=1S/C21H27FO6/c1-19-11(6-12(25)7-16(19)22)2-3-13-14-4-5-21(28,17(27)9-23)20(14,10-24)8-15(26)18(13)19/h6-7,13-15,18,23-24,26,28H,2-5,8-10H2,1H3/t13-,14-,15?,18+,19+,20+,21-/m0/s1. The normalized spacial score (nSPS) is 47.6. The van der Waals surface area contributed by atoms with Crippen LogP contribution < -0.4 is 0 Å². The Kier molecular flexibility index (Phi) is 4.47. The number of halogens is 1. The van der Waals surface area contributed by atoms with Gasteiger partial charge in [0.15, 0.2) is 11.6 Å². The van der Waals surface area contributed by atoms with Gasteiger partial charge in [-0.1, -0.05) is 5.57 Å². The van der Waals surface area contributed by atoms with Gasteiger partial charge in [0.2, 0.25) is 0 Å². The van der Waals surface area contributed by atoms with E-state index in [0.29, 0.717) is 24.8 Å². The molecule has 28 heavy (non-hydrogen) atoms. The molecule has 4 aliphatic rings. The number of carbonyl (C=O) groups excluding carboxylic acids is 2. The average Bonchev–Trinajstić information content (AvgIpc) is 2.96. The Morgan fingerprint density at radius 1 is 1.29 bits per heavy atom. The molecule has 4 rings (SSSR count). The van der Waals surface area contributed by atoms with Gasteiger partial charge in [-0.05, 0) is 56.9 Å². The molecule has 0 aromatic carbocycles. The van der Waals surface area contributed by atoms with Crippen molar-refractivity contribution >= 4 is 11.6 Å². The van der Waals surface area contributed by atoms with E-state index in [0.717, 1.165) is 6.08 Å². The largest absolute Gasteiger partial charge is 0.396 e. The van der Waals surface area contributed by atoms with Gasteiger partial charge in [0.1, 0.15) is 18.0 Å². The lowest BCUT2D eigenvalue weighted by atomic mass is 9.45. The van der Waals surface area contributed by atoms with Gasteiger partial charge in [-0.2, -0.15) is 0 Å². The third-order valence-corrected chi connectivity index (χ3v) is 8.37. The lowest BCUT2D eigenvalue weighted by molar-refractivity contribution is -0.195. The molecule has 4 N–H and O–H groups in total. The highest BCUT2D eigenvalue weighted by molar-refractivity contribution is 6.01. The summed E-state index contributed by atoms with van der Waals surface area (Å²) in [6.45, 7) is 0.388. The highest BCUT2D eigenvalue weighted by Crippen LogP contribution is 2.68. The van der Waals surface area contributed by atoms with E-state index in [1.165, 1.54) is 6.08 Å². The molecule has 3 saturated carbocycles. The number of Topliss-reactive ketones (excluding diaryl/α,β-unsaturated/α-hetero) is 1. The third-order valence-electron chi connectivity index (χ3n) is 8.37. The molecule has 0 saturated heterocycles. The molecule has 154 valence electrons. The number of rotatable bonds is 3. The van der Waals surface area contributed by atoms with Gasteiger partial charge >= 0.3 is 0 Å². The molecule has 7 heteroatoms. The minimum absolute atomic E-state index is 0.0539. The van der Waals surface area contributed by atoms with E-state index in [2.05, 4.69) is 0 Å². The number of aliphatic hydroxyl groups is 4. The third kappa shape index (κ3) is 2.22. The smallest absolute Gasteiger partial charge is 0.190 e. The highest BCUT2D eigenvalue weighted by atomic mass is 19.1. The van der Waals surface area contributed by atoms with Gasteiger partial charge in [-0.25, -0.2) is 4.39 Å². The van der Waals surface area contributed by atoms with Gasteiger partial charge in [0.05, 0.1) is 12.7 Å². The maximum absolute atomic E-state index is 15.1. The molecule has 0 aromatic rings. The van der Waals surface area contributed by atoms with Crippen LogP contribution >= 0.6 is 0 Å². The molecule has 0 heterocycles. The number of carbonyl (C=O) groups is 2. The molecule has 6 nitrogen and oxygen atoms in total. The van der Waals surface area contributed by atoms with E-state index in [9.17, 15) is 30.0 Å². The van der Waals surface area contributed by atoms with Gasteiger partial charge in [0.25, 0.3) is 0 Å². The molecule has 0 bridgehead atoms. The van der Waals surface area contributed by atoms with E-state index < -0.39 is 53.3 Å². The minimum Gasteiger partial charge on any atom is -0.396 e. The maximum Gasteiger partial charge on any atom is 0.190 e. The van der Waals surface area contributed by atoms with Crippen molar-refractivity contribution in [2.24, 2.45) is 28.6 Å². The second-order valence-corrected chi connectivity index (χ2v) is 9.17. The first-order chi connectivity index (χ1) is 13.2.